The largest absolute Gasteiger partial charge is 0.490 e. The second-order valence-corrected chi connectivity index (χ2v) is 6.29. The van der Waals surface area contributed by atoms with Crippen molar-refractivity contribution in [3.05, 3.63) is 36.6 Å². The summed E-state index contributed by atoms with van der Waals surface area (Å²) in [6.45, 7) is 7.52. The molecule has 23 heavy (non-hydrogen) atoms. The molecule has 0 fully saturated rings. The highest BCUT2D eigenvalue weighted by Gasteiger charge is 2.04. The minimum absolute atomic E-state index is 0.755. The zero-order valence-corrected chi connectivity index (χ0v) is 15.2. The van der Waals surface area contributed by atoms with Crippen molar-refractivity contribution in [1.29, 1.82) is 0 Å². The highest BCUT2D eigenvalue weighted by atomic mass is 16.5. The Hall–Kier alpha value is -1.44. The Labute approximate surface area is 142 Å². The van der Waals surface area contributed by atoms with Gasteiger partial charge in [0.25, 0.3) is 0 Å². The van der Waals surface area contributed by atoms with Gasteiger partial charge in [-0.15, -0.1) is 0 Å². The number of hydrogen-bond acceptors (Lipinski definition) is 2. The maximum absolute atomic E-state index is 5.88. The molecule has 1 unspecified atom stereocenters. The van der Waals surface area contributed by atoms with Crippen molar-refractivity contribution in [2.75, 3.05) is 6.61 Å². The van der Waals surface area contributed by atoms with Gasteiger partial charge in [-0.1, -0.05) is 58.6 Å². The summed E-state index contributed by atoms with van der Waals surface area (Å²) >= 11 is 0. The summed E-state index contributed by atoms with van der Waals surface area (Å²) in [6, 6.07) is 7.92. The van der Waals surface area contributed by atoms with Crippen molar-refractivity contribution in [1.82, 2.24) is 0 Å². The van der Waals surface area contributed by atoms with E-state index in [1.165, 1.54) is 38.5 Å². The molecular weight excluding hydrogens is 284 g/mol. The maximum Gasteiger partial charge on any atom is 0.168 e. The Balaban J connectivity index is 2.31. The highest BCUT2D eigenvalue weighted by Crippen LogP contribution is 2.27. The molecule has 0 saturated carbocycles. The third kappa shape index (κ3) is 9.32. The van der Waals surface area contributed by atoms with E-state index < -0.39 is 0 Å². The standard InChI is InChI=1S/C21H34O2/c1-4-6-7-8-9-12-17-22-20-15-10-11-16-21(20)23-18-13-14-19(3)5-2/h10-12,15-17,19H,4-9,13-14,18H2,1-3H3. The lowest BCUT2D eigenvalue weighted by molar-refractivity contribution is 0.282. The van der Waals surface area contributed by atoms with Crippen molar-refractivity contribution in [2.24, 2.45) is 5.92 Å². The number of hydrogen-bond donors (Lipinski definition) is 0. The van der Waals surface area contributed by atoms with Gasteiger partial charge in [-0.05, 0) is 49.8 Å². The molecule has 0 radical (unpaired) electrons. The van der Waals surface area contributed by atoms with Crippen molar-refractivity contribution in [2.45, 2.75) is 72.1 Å². The first-order valence-corrected chi connectivity index (χ1v) is 9.31. The van der Waals surface area contributed by atoms with Crippen LogP contribution >= 0.6 is 0 Å². The molecule has 0 amide bonds. The predicted octanol–water partition coefficient (Wildman–Crippen LogP) is 6.75. The van der Waals surface area contributed by atoms with Crippen LogP contribution in [0.3, 0.4) is 0 Å². The van der Waals surface area contributed by atoms with Crippen LogP contribution in [-0.2, 0) is 0 Å². The first kappa shape index (κ1) is 19.6. The van der Waals surface area contributed by atoms with Crippen molar-refractivity contribution in [3.8, 4) is 11.5 Å². The summed E-state index contributed by atoms with van der Waals surface area (Å²) in [6.07, 6.45) is 13.7. The Morgan fingerprint density at radius 1 is 1.00 bits per heavy atom. The van der Waals surface area contributed by atoms with E-state index >= 15 is 0 Å². The smallest absolute Gasteiger partial charge is 0.168 e. The molecule has 1 aromatic carbocycles. The van der Waals surface area contributed by atoms with Crippen LogP contribution in [0.1, 0.15) is 72.1 Å². The molecule has 0 aromatic heterocycles. The number of ether oxygens (including phenoxy) is 2. The lowest BCUT2D eigenvalue weighted by atomic mass is 10.0. The number of unbranched alkanes of at least 4 members (excludes halogenated alkanes) is 4. The zero-order chi connectivity index (χ0) is 16.8. The van der Waals surface area contributed by atoms with Gasteiger partial charge in [0.05, 0.1) is 12.9 Å². The Morgan fingerprint density at radius 3 is 2.52 bits per heavy atom. The predicted molar refractivity (Wildman–Crippen MR) is 99.2 cm³/mol. The lowest BCUT2D eigenvalue weighted by Crippen LogP contribution is -2.01. The molecule has 0 spiro atoms. The lowest BCUT2D eigenvalue weighted by Gasteiger charge is -2.12. The van der Waals surface area contributed by atoms with Crippen LogP contribution in [0.15, 0.2) is 36.6 Å². The van der Waals surface area contributed by atoms with Gasteiger partial charge in [-0.2, -0.15) is 0 Å². The van der Waals surface area contributed by atoms with Crippen LogP contribution < -0.4 is 9.47 Å². The fraction of sp³-hybridized carbons (Fsp3) is 0.619. The normalized spacial score (nSPS) is 12.5. The van der Waals surface area contributed by atoms with Crippen LogP contribution in [-0.4, -0.2) is 6.61 Å². The summed E-state index contributed by atoms with van der Waals surface area (Å²) < 4.78 is 11.6. The number of allylic oxidation sites excluding steroid dienone is 1. The SMILES string of the molecule is CCCCCCC=COc1ccccc1OCCCC(C)CC. The van der Waals surface area contributed by atoms with E-state index in [4.69, 9.17) is 9.47 Å². The van der Waals surface area contributed by atoms with E-state index in [2.05, 4.69) is 26.8 Å². The fourth-order valence-corrected chi connectivity index (χ4v) is 2.36. The van der Waals surface area contributed by atoms with Gasteiger partial charge < -0.3 is 9.47 Å². The molecule has 2 nitrogen and oxygen atoms in total. The maximum atomic E-state index is 5.88. The second-order valence-electron chi connectivity index (χ2n) is 6.29. The minimum atomic E-state index is 0.755. The van der Waals surface area contributed by atoms with Crippen LogP contribution in [0.5, 0.6) is 11.5 Å². The molecule has 0 N–H and O–H groups in total. The van der Waals surface area contributed by atoms with E-state index in [1.807, 2.05) is 24.3 Å². The second kappa shape index (κ2) is 13.0. The van der Waals surface area contributed by atoms with Crippen molar-refractivity contribution in [3.63, 3.8) is 0 Å². The molecule has 0 aliphatic heterocycles. The summed E-state index contributed by atoms with van der Waals surface area (Å²) in [5.74, 6) is 2.42. The van der Waals surface area contributed by atoms with Gasteiger partial charge >= 0.3 is 0 Å². The average Bonchev–Trinajstić information content (AvgIpc) is 2.58. The van der Waals surface area contributed by atoms with Crippen LogP contribution in [0.25, 0.3) is 0 Å². The third-order valence-corrected chi connectivity index (χ3v) is 4.16. The van der Waals surface area contributed by atoms with E-state index in [1.54, 1.807) is 6.26 Å². The first-order chi connectivity index (χ1) is 11.3. The van der Waals surface area contributed by atoms with E-state index in [0.717, 1.165) is 36.9 Å². The van der Waals surface area contributed by atoms with Gasteiger partial charge in [-0.25, -0.2) is 0 Å². The molecule has 0 bridgehead atoms. The summed E-state index contributed by atoms with van der Waals surface area (Å²) in [5, 5.41) is 0. The molecule has 0 aliphatic rings. The molecule has 0 saturated heterocycles. The van der Waals surface area contributed by atoms with Gasteiger partial charge in [0, 0.05) is 0 Å². The van der Waals surface area contributed by atoms with E-state index in [9.17, 15) is 0 Å². The average molecular weight is 319 g/mol. The minimum Gasteiger partial charge on any atom is -0.490 e. The van der Waals surface area contributed by atoms with E-state index in [0.29, 0.717) is 0 Å². The summed E-state index contributed by atoms with van der Waals surface area (Å²) in [4.78, 5) is 0. The number of benzene rings is 1. The van der Waals surface area contributed by atoms with Crippen LogP contribution in [0, 0.1) is 5.92 Å². The van der Waals surface area contributed by atoms with Crippen molar-refractivity contribution < 1.29 is 9.47 Å². The fourth-order valence-electron chi connectivity index (χ4n) is 2.36. The molecule has 130 valence electrons. The monoisotopic (exact) mass is 318 g/mol. The van der Waals surface area contributed by atoms with Gasteiger partial charge in [0.1, 0.15) is 0 Å². The number of para-hydroxylation sites is 2. The van der Waals surface area contributed by atoms with Crippen LogP contribution in [0.2, 0.25) is 0 Å². The topological polar surface area (TPSA) is 18.5 Å². The number of rotatable bonds is 13. The molecular formula is C21H34O2. The molecule has 1 rings (SSSR count). The quantitative estimate of drug-likeness (QED) is 0.295. The van der Waals surface area contributed by atoms with Crippen LogP contribution in [0.4, 0.5) is 0 Å². The van der Waals surface area contributed by atoms with E-state index in [-0.39, 0.29) is 0 Å². The molecule has 2 heteroatoms. The molecule has 0 heterocycles. The molecule has 0 aliphatic carbocycles. The molecule has 1 atom stereocenters. The Bertz CT molecular complexity index is 426. The summed E-state index contributed by atoms with van der Waals surface area (Å²) in [5.41, 5.74) is 0. The van der Waals surface area contributed by atoms with Gasteiger partial charge in [0.2, 0.25) is 0 Å². The molecule has 1 aromatic rings. The van der Waals surface area contributed by atoms with Gasteiger partial charge in [-0.3, -0.25) is 0 Å². The summed E-state index contributed by atoms with van der Waals surface area (Å²) in [7, 11) is 0. The Kier molecular flexibility index (Phi) is 11.1. The Morgan fingerprint density at radius 2 is 1.78 bits per heavy atom. The third-order valence-electron chi connectivity index (χ3n) is 4.16. The highest BCUT2D eigenvalue weighted by molar-refractivity contribution is 5.39. The van der Waals surface area contributed by atoms with Gasteiger partial charge in [0.15, 0.2) is 11.5 Å². The zero-order valence-electron chi connectivity index (χ0n) is 15.2. The van der Waals surface area contributed by atoms with Crippen molar-refractivity contribution >= 4 is 0 Å². The first-order valence-electron chi connectivity index (χ1n) is 9.31.